The Labute approximate surface area is 199 Å². The second-order valence-corrected chi connectivity index (χ2v) is 8.80. The van der Waals surface area contributed by atoms with E-state index in [1.54, 1.807) is 0 Å². The summed E-state index contributed by atoms with van der Waals surface area (Å²) >= 11 is 0. The number of nitrogens with zero attached hydrogens (tertiary/aromatic N) is 4. The van der Waals surface area contributed by atoms with Crippen LogP contribution in [0.25, 0.3) is 10.9 Å². The van der Waals surface area contributed by atoms with Crippen molar-refractivity contribution in [2.75, 3.05) is 49.2 Å². The zero-order chi connectivity index (χ0) is 22.7. The number of morpholine rings is 2. The van der Waals surface area contributed by atoms with Crippen LogP contribution in [0.15, 0.2) is 84.9 Å². The van der Waals surface area contributed by atoms with E-state index >= 15 is 0 Å². The molecule has 2 saturated heterocycles. The molecule has 6 nitrogen and oxygen atoms in total. The number of ether oxygens (including phenoxy) is 2. The van der Waals surface area contributed by atoms with E-state index in [4.69, 9.17) is 19.4 Å². The van der Waals surface area contributed by atoms with Gasteiger partial charge in [-0.3, -0.25) is 0 Å². The number of para-hydroxylation sites is 1. The van der Waals surface area contributed by atoms with Crippen molar-refractivity contribution >= 4 is 22.7 Å². The lowest BCUT2D eigenvalue weighted by Gasteiger charge is -2.36. The molecule has 3 heterocycles. The summed E-state index contributed by atoms with van der Waals surface area (Å²) in [4.78, 5) is 14.7. The van der Waals surface area contributed by atoms with Crippen molar-refractivity contribution < 1.29 is 9.47 Å². The fraction of sp³-hybridized carbons (Fsp3) is 0.286. The van der Waals surface area contributed by atoms with Crippen LogP contribution in [-0.2, 0) is 9.47 Å². The molecular formula is C28H28N4O2. The number of benzene rings is 3. The highest BCUT2D eigenvalue weighted by Crippen LogP contribution is 2.32. The van der Waals surface area contributed by atoms with E-state index in [0.29, 0.717) is 13.2 Å². The quantitative estimate of drug-likeness (QED) is 0.444. The Morgan fingerprint density at radius 3 is 1.85 bits per heavy atom. The predicted molar refractivity (Wildman–Crippen MR) is 134 cm³/mol. The highest BCUT2D eigenvalue weighted by atomic mass is 16.5. The van der Waals surface area contributed by atoms with Gasteiger partial charge in [0.2, 0.25) is 5.95 Å². The monoisotopic (exact) mass is 452 g/mol. The van der Waals surface area contributed by atoms with Gasteiger partial charge >= 0.3 is 0 Å². The minimum Gasteiger partial charge on any atom is -0.370 e. The van der Waals surface area contributed by atoms with Gasteiger partial charge in [0.15, 0.2) is 0 Å². The molecule has 0 radical (unpaired) electrons. The number of hydrogen-bond acceptors (Lipinski definition) is 6. The van der Waals surface area contributed by atoms with Gasteiger partial charge in [-0.05, 0) is 23.3 Å². The van der Waals surface area contributed by atoms with E-state index in [1.165, 1.54) is 11.1 Å². The highest BCUT2D eigenvalue weighted by Gasteiger charge is 2.28. The zero-order valence-electron chi connectivity index (χ0n) is 19.1. The number of hydrogen-bond donors (Lipinski definition) is 0. The Kier molecular flexibility index (Phi) is 5.83. The van der Waals surface area contributed by atoms with E-state index in [-0.39, 0.29) is 12.2 Å². The molecule has 2 fully saturated rings. The summed E-state index contributed by atoms with van der Waals surface area (Å²) in [5.74, 6) is 1.74. The first-order valence-corrected chi connectivity index (χ1v) is 11.9. The lowest BCUT2D eigenvalue weighted by Crippen LogP contribution is -2.41. The fourth-order valence-corrected chi connectivity index (χ4v) is 4.84. The summed E-state index contributed by atoms with van der Waals surface area (Å²) in [5, 5.41) is 1.08. The first-order chi connectivity index (χ1) is 16.8. The molecule has 172 valence electrons. The van der Waals surface area contributed by atoms with Crippen LogP contribution in [-0.4, -0.2) is 49.4 Å². The van der Waals surface area contributed by atoms with Gasteiger partial charge in [0.25, 0.3) is 0 Å². The summed E-state index contributed by atoms with van der Waals surface area (Å²) in [5.41, 5.74) is 3.35. The fourth-order valence-electron chi connectivity index (χ4n) is 4.84. The number of aromatic nitrogens is 2. The summed E-state index contributed by atoms with van der Waals surface area (Å²) in [6.45, 7) is 4.40. The van der Waals surface area contributed by atoms with Crippen LogP contribution in [0.4, 0.5) is 11.8 Å². The average molecular weight is 453 g/mol. The van der Waals surface area contributed by atoms with Crippen molar-refractivity contribution in [1.82, 2.24) is 9.97 Å². The maximum Gasteiger partial charge on any atom is 0.228 e. The Morgan fingerprint density at radius 2 is 1.18 bits per heavy atom. The van der Waals surface area contributed by atoms with Crippen molar-refractivity contribution in [3.05, 3.63) is 96.1 Å². The van der Waals surface area contributed by atoms with Crippen LogP contribution in [0.2, 0.25) is 0 Å². The van der Waals surface area contributed by atoms with E-state index in [0.717, 1.165) is 48.8 Å². The van der Waals surface area contributed by atoms with Crippen LogP contribution in [0.1, 0.15) is 23.3 Å². The minimum absolute atomic E-state index is 0.0133. The zero-order valence-corrected chi connectivity index (χ0v) is 19.1. The standard InChI is InChI=1S/C28H28N4O2/c1-3-9-21(10-4-1)25-19-31(15-17-33-25)27-23-13-7-8-14-24(23)29-28(30-27)32-16-18-34-26(20-32)22-11-5-2-6-12-22/h1-14,25-26H,15-20H2/t25-,26-/m0/s1. The molecule has 1 aromatic heterocycles. The SMILES string of the molecule is c1ccc([C@@H]2CN(c3nc(N4CCO[C@H](c5ccccc5)C4)c4ccccc4n3)CCO2)cc1. The van der Waals surface area contributed by atoms with Crippen LogP contribution in [0.5, 0.6) is 0 Å². The predicted octanol–water partition coefficient (Wildman–Crippen LogP) is 4.79. The molecule has 6 heteroatoms. The molecule has 0 unspecified atom stereocenters. The lowest BCUT2D eigenvalue weighted by molar-refractivity contribution is 0.0388. The lowest BCUT2D eigenvalue weighted by atomic mass is 10.1. The first-order valence-electron chi connectivity index (χ1n) is 11.9. The van der Waals surface area contributed by atoms with E-state index in [9.17, 15) is 0 Å². The summed E-state index contributed by atoms with van der Waals surface area (Å²) in [6.07, 6.45) is 0.0392. The van der Waals surface area contributed by atoms with Gasteiger partial charge in [-0.2, -0.15) is 4.98 Å². The van der Waals surface area contributed by atoms with Gasteiger partial charge in [-0.15, -0.1) is 0 Å². The van der Waals surface area contributed by atoms with Crippen molar-refractivity contribution in [2.45, 2.75) is 12.2 Å². The molecule has 2 aliphatic heterocycles. The van der Waals surface area contributed by atoms with Crippen molar-refractivity contribution in [1.29, 1.82) is 0 Å². The molecule has 2 aliphatic rings. The first kappa shape index (κ1) is 21.1. The maximum atomic E-state index is 6.13. The number of anilines is 2. The molecule has 34 heavy (non-hydrogen) atoms. The third-order valence-electron chi connectivity index (χ3n) is 6.63. The smallest absolute Gasteiger partial charge is 0.228 e. The van der Waals surface area contributed by atoms with Gasteiger partial charge in [-0.25, -0.2) is 4.98 Å². The van der Waals surface area contributed by atoms with Crippen LogP contribution in [0, 0.1) is 0 Å². The summed E-state index contributed by atoms with van der Waals surface area (Å²) in [6, 6.07) is 29.1. The molecule has 0 N–H and O–H groups in total. The third kappa shape index (κ3) is 4.22. The number of fused-ring (bicyclic) bond motifs is 1. The Hall–Kier alpha value is -3.48. The second-order valence-electron chi connectivity index (χ2n) is 8.80. The largest absolute Gasteiger partial charge is 0.370 e. The highest BCUT2D eigenvalue weighted by molar-refractivity contribution is 5.90. The van der Waals surface area contributed by atoms with E-state index in [1.807, 2.05) is 18.2 Å². The molecule has 0 bridgehead atoms. The molecule has 4 aromatic rings. The van der Waals surface area contributed by atoms with Crippen LogP contribution in [0.3, 0.4) is 0 Å². The van der Waals surface area contributed by atoms with Crippen molar-refractivity contribution in [2.24, 2.45) is 0 Å². The van der Waals surface area contributed by atoms with Crippen molar-refractivity contribution in [3.8, 4) is 0 Å². The molecular weight excluding hydrogens is 424 g/mol. The molecule has 0 spiro atoms. The normalized spacial score (nSPS) is 21.1. The van der Waals surface area contributed by atoms with Gasteiger partial charge in [-0.1, -0.05) is 72.8 Å². The molecule has 0 saturated carbocycles. The van der Waals surface area contributed by atoms with Gasteiger partial charge < -0.3 is 19.3 Å². The maximum absolute atomic E-state index is 6.13. The second kappa shape index (κ2) is 9.41. The van der Waals surface area contributed by atoms with Gasteiger partial charge in [0, 0.05) is 25.0 Å². The Balaban J connectivity index is 1.33. The average Bonchev–Trinajstić information content (AvgIpc) is 2.93. The molecule has 2 atom stereocenters. The van der Waals surface area contributed by atoms with E-state index < -0.39 is 0 Å². The molecule has 0 aliphatic carbocycles. The van der Waals surface area contributed by atoms with Crippen LogP contribution >= 0.6 is 0 Å². The third-order valence-corrected chi connectivity index (χ3v) is 6.63. The summed E-state index contributed by atoms with van der Waals surface area (Å²) < 4.78 is 12.2. The molecule has 0 amide bonds. The van der Waals surface area contributed by atoms with Crippen molar-refractivity contribution in [3.63, 3.8) is 0 Å². The Bertz CT molecular complexity index is 1250. The summed E-state index contributed by atoms with van der Waals surface area (Å²) in [7, 11) is 0. The molecule has 3 aromatic carbocycles. The van der Waals surface area contributed by atoms with Gasteiger partial charge in [0.05, 0.1) is 25.3 Å². The topological polar surface area (TPSA) is 50.7 Å². The van der Waals surface area contributed by atoms with E-state index in [2.05, 4.69) is 76.5 Å². The Morgan fingerprint density at radius 1 is 0.618 bits per heavy atom. The minimum atomic E-state index is 0.0133. The molecule has 6 rings (SSSR count). The van der Waals surface area contributed by atoms with Gasteiger partial charge in [0.1, 0.15) is 18.0 Å². The van der Waals surface area contributed by atoms with Crippen LogP contribution < -0.4 is 9.80 Å². The number of rotatable bonds is 4.